The molecule has 2 aliphatic rings. The van der Waals surface area contributed by atoms with Gasteiger partial charge in [-0.2, -0.15) is 8.42 Å². The molecule has 1 heterocycles. The van der Waals surface area contributed by atoms with Crippen molar-refractivity contribution in [1.82, 2.24) is 4.58 Å². The Bertz CT molecular complexity index is 2420. The number of hydrogen-bond acceptors (Lipinski definition) is 9. The van der Waals surface area contributed by atoms with E-state index in [0.717, 1.165) is 26.9 Å². The quantitative estimate of drug-likeness (QED) is 0.0475. The molecule has 4 aromatic carbocycles. The van der Waals surface area contributed by atoms with Crippen molar-refractivity contribution in [3.05, 3.63) is 121 Å². The van der Waals surface area contributed by atoms with E-state index in [1.165, 1.54) is 6.07 Å². The van der Waals surface area contributed by atoms with Gasteiger partial charge in [0.15, 0.2) is 5.88 Å². The number of nitrogens with zero attached hydrogens (tertiary/aromatic N) is 2. The largest absolute Gasteiger partial charge is 1.00 e. The van der Waals surface area contributed by atoms with Gasteiger partial charge in [-0.3, -0.25) is 4.55 Å². The molecule has 1 aliphatic carbocycles. The molecule has 0 amide bonds. The monoisotopic (exact) mass is 769 g/mol. The molecule has 0 spiro atoms. The van der Waals surface area contributed by atoms with E-state index in [9.17, 15) is 25.9 Å². The molecule has 258 valence electrons. The van der Waals surface area contributed by atoms with Gasteiger partial charge >= 0.3 is 29.6 Å². The molecular formula is C37H34N2NaO7S4+. The van der Waals surface area contributed by atoms with E-state index in [2.05, 4.69) is 47.6 Å². The van der Waals surface area contributed by atoms with Crippen LogP contribution in [0.15, 0.2) is 139 Å². The predicted molar refractivity (Wildman–Crippen MR) is 199 cm³/mol. The van der Waals surface area contributed by atoms with Gasteiger partial charge in [0.2, 0.25) is 5.36 Å². The third-order valence-electron chi connectivity index (χ3n) is 8.23. The van der Waals surface area contributed by atoms with Crippen LogP contribution in [0.5, 0.6) is 0 Å². The zero-order chi connectivity index (χ0) is 35.5. The summed E-state index contributed by atoms with van der Waals surface area (Å²) in [5, 5.41) is 1.42. The first-order valence-electron chi connectivity index (χ1n) is 15.7. The van der Waals surface area contributed by atoms with E-state index in [0.29, 0.717) is 58.8 Å². The van der Waals surface area contributed by atoms with Gasteiger partial charge < -0.3 is 13.9 Å². The molecule has 0 saturated heterocycles. The van der Waals surface area contributed by atoms with Crippen LogP contribution in [0.25, 0.3) is 33.4 Å². The first-order valence-corrected chi connectivity index (χ1v) is 20.5. The van der Waals surface area contributed by atoms with E-state index in [1.807, 2.05) is 72.8 Å². The van der Waals surface area contributed by atoms with Crippen molar-refractivity contribution in [3.63, 3.8) is 0 Å². The standard InChI is InChI=1S/C37H34N2O7S4.Na/c1-3-38(24-47-28-11-7-5-8-12-28)26-15-18-31-34(21-26)46-35-22-27(39(4-2)25-48-29-13-9-6-10-14-29)16-19-32(35)37(31)33-20-17-30(49(40,41)42)23-36(33)50(43,44)45;/h5-23H,3-4,24-25H2,1-2H3,(H-,40,41,42,43,44,45);/q;+1. The zero-order valence-corrected chi connectivity index (χ0v) is 33.5. The van der Waals surface area contributed by atoms with Crippen molar-refractivity contribution in [3.8, 4) is 22.5 Å². The molecule has 0 unspecified atom stereocenters. The summed E-state index contributed by atoms with van der Waals surface area (Å²) in [5.74, 6) is 1.78. The Morgan fingerprint density at radius 2 is 1.43 bits per heavy atom. The van der Waals surface area contributed by atoms with Gasteiger partial charge in [0, 0.05) is 56.2 Å². The van der Waals surface area contributed by atoms with Crippen LogP contribution < -0.4 is 44.4 Å². The summed E-state index contributed by atoms with van der Waals surface area (Å²) in [5.41, 5.74) is 2.31. The molecule has 0 fully saturated rings. The summed E-state index contributed by atoms with van der Waals surface area (Å²) < 4.78 is 80.2. The number of thioether (sulfide) groups is 2. The number of anilines is 1. The molecule has 1 aliphatic heterocycles. The molecule has 4 aromatic rings. The normalized spacial score (nSPS) is 12.5. The molecule has 1 N–H and O–H groups in total. The fourth-order valence-corrected chi connectivity index (χ4v) is 8.93. The van der Waals surface area contributed by atoms with Gasteiger partial charge in [-0.05, 0) is 68.4 Å². The second kappa shape index (κ2) is 16.7. The van der Waals surface area contributed by atoms with Crippen molar-refractivity contribution in [2.24, 2.45) is 0 Å². The SMILES string of the molecule is CCN(CSc1ccccc1)c1ccc2c(-c3ccc(S(=O)(=O)[O-])cc3S(=O)(=O)O)c3cc/c(=[N+](\CC)CSc4ccccc4)cc-3oc2c1.[Na+]. The van der Waals surface area contributed by atoms with Gasteiger partial charge in [0.25, 0.3) is 10.1 Å². The first kappa shape index (κ1) is 39.1. The summed E-state index contributed by atoms with van der Waals surface area (Å²) in [6, 6.07) is 34.4. The molecule has 9 nitrogen and oxygen atoms in total. The number of rotatable bonds is 12. The molecule has 0 bridgehead atoms. The Balaban J connectivity index is 0.00000504. The fourth-order valence-electron chi connectivity index (χ4n) is 5.66. The summed E-state index contributed by atoms with van der Waals surface area (Å²) in [6.45, 7) is 5.53. The van der Waals surface area contributed by atoms with E-state index in [1.54, 1.807) is 23.5 Å². The van der Waals surface area contributed by atoms with Crippen molar-refractivity contribution in [1.29, 1.82) is 0 Å². The van der Waals surface area contributed by atoms with Crippen LogP contribution in [0, 0.1) is 0 Å². The van der Waals surface area contributed by atoms with Crippen molar-refractivity contribution in [2.45, 2.75) is 33.4 Å². The van der Waals surface area contributed by atoms with Crippen LogP contribution in [0.3, 0.4) is 0 Å². The number of benzene rings is 5. The Hall–Kier alpha value is -3.11. The zero-order valence-electron chi connectivity index (χ0n) is 28.2. The third-order valence-corrected chi connectivity index (χ3v) is 12.0. The van der Waals surface area contributed by atoms with E-state index in [-0.39, 0.29) is 35.1 Å². The fraction of sp³-hybridized carbons (Fsp3) is 0.162. The maximum absolute atomic E-state index is 12.7. The average molecular weight is 770 g/mol. The second-order valence-corrected chi connectivity index (χ2v) is 16.1. The van der Waals surface area contributed by atoms with E-state index in [4.69, 9.17) is 4.42 Å². The summed E-state index contributed by atoms with van der Waals surface area (Å²) in [4.78, 5) is 2.98. The summed E-state index contributed by atoms with van der Waals surface area (Å²) in [7, 11) is -9.99. The van der Waals surface area contributed by atoms with Crippen LogP contribution in [0.2, 0.25) is 0 Å². The number of fused-ring (bicyclic) bond motifs is 2. The minimum absolute atomic E-state index is 0. The molecule has 51 heavy (non-hydrogen) atoms. The molecule has 14 heteroatoms. The van der Waals surface area contributed by atoms with Crippen molar-refractivity contribution >= 4 is 60.4 Å². The van der Waals surface area contributed by atoms with Crippen molar-refractivity contribution in [2.75, 3.05) is 29.7 Å². The van der Waals surface area contributed by atoms with E-state index < -0.39 is 30.0 Å². The van der Waals surface area contributed by atoms with Gasteiger partial charge in [-0.15, -0.1) is 11.8 Å². The maximum atomic E-state index is 12.7. The average Bonchev–Trinajstić information content (AvgIpc) is 3.11. The van der Waals surface area contributed by atoms with Crippen LogP contribution >= 0.6 is 23.5 Å². The topological polar surface area (TPSA) is 131 Å². The molecule has 6 rings (SSSR count). The van der Waals surface area contributed by atoms with Gasteiger partial charge in [-0.1, -0.05) is 54.2 Å². The summed E-state index contributed by atoms with van der Waals surface area (Å²) in [6.07, 6.45) is 0. The minimum atomic E-state index is -5.02. The maximum Gasteiger partial charge on any atom is 1.00 e. The minimum Gasteiger partial charge on any atom is -0.744 e. The molecule has 0 radical (unpaired) electrons. The Morgan fingerprint density at radius 1 is 0.784 bits per heavy atom. The second-order valence-electron chi connectivity index (χ2n) is 11.3. The molecule has 0 saturated carbocycles. The first-order chi connectivity index (χ1) is 24.0. The Labute approximate surface area is 328 Å². The third kappa shape index (κ3) is 9.10. The molecular weight excluding hydrogens is 736 g/mol. The van der Waals surface area contributed by atoms with E-state index >= 15 is 0 Å². The Kier molecular flexibility index (Phi) is 12.8. The Morgan fingerprint density at radius 3 is 2.04 bits per heavy atom. The predicted octanol–water partition coefficient (Wildman–Crippen LogP) is 4.48. The van der Waals surface area contributed by atoms with Crippen LogP contribution in [0.1, 0.15) is 13.8 Å². The van der Waals surface area contributed by atoms with Crippen molar-refractivity contribution < 1.29 is 59.9 Å². The van der Waals surface area contributed by atoms with Crippen LogP contribution in [0.4, 0.5) is 5.69 Å². The van der Waals surface area contributed by atoms with Crippen LogP contribution in [-0.4, -0.2) is 50.8 Å². The smallest absolute Gasteiger partial charge is 0.744 e. The molecule has 0 aromatic heterocycles. The number of hydrogen-bond donors (Lipinski definition) is 1. The van der Waals surface area contributed by atoms with Crippen LogP contribution in [-0.2, 0) is 20.2 Å². The van der Waals surface area contributed by atoms with Gasteiger partial charge in [0.05, 0.1) is 16.8 Å². The van der Waals surface area contributed by atoms with Gasteiger partial charge in [0.1, 0.15) is 32.9 Å². The summed E-state index contributed by atoms with van der Waals surface area (Å²) >= 11 is 3.39. The molecule has 0 atom stereocenters. The van der Waals surface area contributed by atoms with Gasteiger partial charge in [-0.25, -0.2) is 13.0 Å².